The second kappa shape index (κ2) is 9.47. The molecule has 1 atom stereocenters. The fraction of sp³-hybridized carbons (Fsp3) is 0.636. The quantitative estimate of drug-likeness (QED) is 0.718. The number of fused-ring (bicyclic) bond motifs is 1. The molecule has 0 spiro atoms. The Morgan fingerprint density at radius 1 is 1.23 bits per heavy atom. The lowest BCUT2D eigenvalue weighted by Crippen LogP contribution is -2.51. The molecule has 0 radical (unpaired) electrons. The van der Waals surface area contributed by atoms with Gasteiger partial charge in [0.1, 0.15) is 6.04 Å². The lowest BCUT2D eigenvalue weighted by molar-refractivity contribution is -0.134. The second-order valence-corrected chi connectivity index (χ2v) is 10.7. The molecule has 2 aliphatic rings. The van der Waals surface area contributed by atoms with Crippen LogP contribution < -0.4 is 10.0 Å². The van der Waals surface area contributed by atoms with E-state index >= 15 is 0 Å². The SMILES string of the molecule is CC(C)CC(NS(=O)(=O)c1ccc2c(c1)CCCC(=O)N2)C(=O)N1CCC(C)CC1. The highest BCUT2D eigenvalue weighted by Crippen LogP contribution is 2.26. The molecule has 2 amide bonds. The van der Waals surface area contributed by atoms with Crippen molar-refractivity contribution in [3.05, 3.63) is 23.8 Å². The summed E-state index contributed by atoms with van der Waals surface area (Å²) in [6.07, 6.45) is 4.09. The Labute approximate surface area is 179 Å². The summed E-state index contributed by atoms with van der Waals surface area (Å²) in [6.45, 7) is 7.50. The van der Waals surface area contributed by atoms with E-state index in [0.717, 1.165) is 18.4 Å². The number of hydrogen-bond donors (Lipinski definition) is 2. The van der Waals surface area contributed by atoms with Gasteiger partial charge in [-0.3, -0.25) is 9.59 Å². The summed E-state index contributed by atoms with van der Waals surface area (Å²) in [7, 11) is -3.87. The van der Waals surface area contributed by atoms with Crippen molar-refractivity contribution in [3.8, 4) is 0 Å². The van der Waals surface area contributed by atoms with Crippen LogP contribution in [0.25, 0.3) is 0 Å². The number of hydrogen-bond acceptors (Lipinski definition) is 4. The molecule has 1 fully saturated rings. The first-order valence-corrected chi connectivity index (χ1v) is 12.4. The number of amides is 2. The first-order valence-electron chi connectivity index (χ1n) is 10.9. The Morgan fingerprint density at radius 3 is 2.60 bits per heavy atom. The van der Waals surface area contributed by atoms with E-state index in [1.54, 1.807) is 17.0 Å². The number of anilines is 1. The minimum absolute atomic E-state index is 0.0547. The maximum atomic E-state index is 13.1. The van der Waals surface area contributed by atoms with Gasteiger partial charge in [0.25, 0.3) is 0 Å². The Balaban J connectivity index is 1.80. The Hall–Kier alpha value is -1.93. The summed E-state index contributed by atoms with van der Waals surface area (Å²) in [6, 6.07) is 3.97. The number of rotatable bonds is 6. The van der Waals surface area contributed by atoms with Gasteiger partial charge in [0.2, 0.25) is 21.8 Å². The van der Waals surface area contributed by atoms with E-state index in [1.807, 2.05) is 13.8 Å². The minimum atomic E-state index is -3.87. The first-order chi connectivity index (χ1) is 14.2. The standard InChI is InChI=1S/C22H33N3O4S/c1-15(2)13-20(22(27)25-11-9-16(3)10-12-25)24-30(28,29)18-7-8-19-17(14-18)5-4-6-21(26)23-19/h7-8,14-16,20,24H,4-6,9-13H2,1-3H3,(H,23,26). The molecule has 1 aromatic carbocycles. The van der Waals surface area contributed by atoms with Gasteiger partial charge in [-0.2, -0.15) is 4.72 Å². The highest BCUT2D eigenvalue weighted by atomic mass is 32.2. The van der Waals surface area contributed by atoms with Crippen LogP contribution >= 0.6 is 0 Å². The topological polar surface area (TPSA) is 95.6 Å². The molecule has 0 aliphatic carbocycles. The molecule has 0 saturated carbocycles. The van der Waals surface area contributed by atoms with Gasteiger partial charge in [-0.15, -0.1) is 0 Å². The summed E-state index contributed by atoms with van der Waals surface area (Å²) in [5.41, 5.74) is 1.47. The Morgan fingerprint density at radius 2 is 1.93 bits per heavy atom. The van der Waals surface area contributed by atoms with Crippen molar-refractivity contribution in [3.63, 3.8) is 0 Å². The number of sulfonamides is 1. The highest BCUT2D eigenvalue weighted by Gasteiger charge is 2.31. The average Bonchev–Trinajstić information content (AvgIpc) is 2.86. The number of nitrogens with one attached hydrogen (secondary N) is 2. The van der Waals surface area contributed by atoms with Crippen molar-refractivity contribution in [1.82, 2.24) is 9.62 Å². The minimum Gasteiger partial charge on any atom is -0.341 e. The second-order valence-electron chi connectivity index (χ2n) is 9.03. The van der Waals surface area contributed by atoms with Gasteiger partial charge in [0.05, 0.1) is 4.90 Å². The van der Waals surface area contributed by atoms with Crippen LogP contribution in [0.15, 0.2) is 23.1 Å². The lowest BCUT2D eigenvalue weighted by atomic mass is 9.97. The van der Waals surface area contributed by atoms with Crippen molar-refractivity contribution in [2.45, 2.75) is 70.2 Å². The summed E-state index contributed by atoms with van der Waals surface area (Å²) >= 11 is 0. The predicted octanol–water partition coefficient (Wildman–Crippen LogP) is 2.91. The summed E-state index contributed by atoms with van der Waals surface area (Å²) < 4.78 is 28.9. The zero-order valence-corrected chi connectivity index (χ0v) is 18.9. The summed E-state index contributed by atoms with van der Waals surface area (Å²) in [5.74, 6) is 0.573. The number of nitrogens with zero attached hydrogens (tertiary/aromatic N) is 1. The van der Waals surface area contributed by atoms with Crippen LogP contribution in [0.2, 0.25) is 0 Å². The van der Waals surface area contributed by atoms with E-state index in [4.69, 9.17) is 0 Å². The third kappa shape index (κ3) is 5.60. The lowest BCUT2D eigenvalue weighted by Gasteiger charge is -2.33. The largest absolute Gasteiger partial charge is 0.341 e. The summed E-state index contributed by atoms with van der Waals surface area (Å²) in [5, 5.41) is 2.82. The molecule has 3 rings (SSSR count). The van der Waals surface area contributed by atoms with E-state index in [0.29, 0.717) is 50.4 Å². The van der Waals surface area contributed by atoms with Gasteiger partial charge in [0.15, 0.2) is 0 Å². The molecule has 2 N–H and O–H groups in total. The molecule has 166 valence electrons. The Bertz CT molecular complexity index is 890. The van der Waals surface area contributed by atoms with Gasteiger partial charge >= 0.3 is 0 Å². The molecular weight excluding hydrogens is 402 g/mol. The normalized spacial score (nSPS) is 19.2. The molecule has 2 heterocycles. The molecule has 2 aliphatic heterocycles. The maximum absolute atomic E-state index is 13.1. The molecule has 0 bridgehead atoms. The number of likely N-dealkylation sites (tertiary alicyclic amines) is 1. The predicted molar refractivity (Wildman–Crippen MR) is 117 cm³/mol. The van der Waals surface area contributed by atoms with E-state index in [9.17, 15) is 18.0 Å². The monoisotopic (exact) mass is 435 g/mol. The van der Waals surface area contributed by atoms with Crippen LogP contribution in [0.5, 0.6) is 0 Å². The molecule has 0 aromatic heterocycles. The summed E-state index contributed by atoms with van der Waals surface area (Å²) in [4.78, 5) is 26.8. The van der Waals surface area contributed by atoms with Crippen LogP contribution in [0.4, 0.5) is 5.69 Å². The van der Waals surface area contributed by atoms with Crippen LogP contribution in [0.3, 0.4) is 0 Å². The Kier molecular flexibility index (Phi) is 7.18. The van der Waals surface area contributed by atoms with Gasteiger partial charge in [-0.05, 0) is 67.7 Å². The van der Waals surface area contributed by atoms with Crippen LogP contribution in [-0.2, 0) is 26.0 Å². The zero-order chi connectivity index (χ0) is 21.9. The number of carbonyl (C=O) groups is 2. The maximum Gasteiger partial charge on any atom is 0.241 e. The van der Waals surface area contributed by atoms with Gasteiger partial charge in [-0.25, -0.2) is 8.42 Å². The van der Waals surface area contributed by atoms with Crippen molar-refractivity contribution in [2.75, 3.05) is 18.4 Å². The van der Waals surface area contributed by atoms with Gasteiger partial charge in [-0.1, -0.05) is 20.8 Å². The van der Waals surface area contributed by atoms with Crippen LogP contribution in [-0.4, -0.2) is 44.3 Å². The van der Waals surface area contributed by atoms with Gasteiger partial charge < -0.3 is 10.2 Å². The average molecular weight is 436 g/mol. The van der Waals surface area contributed by atoms with E-state index in [1.165, 1.54) is 6.07 Å². The highest BCUT2D eigenvalue weighted by molar-refractivity contribution is 7.89. The van der Waals surface area contributed by atoms with E-state index in [-0.39, 0.29) is 22.6 Å². The number of piperidine rings is 1. The van der Waals surface area contributed by atoms with E-state index < -0.39 is 16.1 Å². The smallest absolute Gasteiger partial charge is 0.241 e. The molecule has 7 nitrogen and oxygen atoms in total. The molecule has 1 aromatic rings. The zero-order valence-electron chi connectivity index (χ0n) is 18.1. The van der Waals surface area contributed by atoms with Crippen LogP contribution in [0, 0.1) is 11.8 Å². The van der Waals surface area contributed by atoms with E-state index in [2.05, 4.69) is 17.0 Å². The van der Waals surface area contributed by atoms with Crippen molar-refractivity contribution in [2.24, 2.45) is 11.8 Å². The fourth-order valence-electron chi connectivity index (χ4n) is 4.09. The molecule has 1 unspecified atom stereocenters. The number of aryl methyl sites for hydroxylation is 1. The first kappa shape index (κ1) is 22.7. The van der Waals surface area contributed by atoms with Crippen molar-refractivity contribution >= 4 is 27.5 Å². The van der Waals surface area contributed by atoms with Crippen LogP contribution in [0.1, 0.15) is 58.4 Å². The van der Waals surface area contributed by atoms with Gasteiger partial charge in [0, 0.05) is 25.2 Å². The molecule has 30 heavy (non-hydrogen) atoms. The molecular formula is C22H33N3O4S. The van der Waals surface area contributed by atoms with Crippen molar-refractivity contribution < 1.29 is 18.0 Å². The molecule has 1 saturated heterocycles. The van der Waals surface area contributed by atoms with Crippen molar-refractivity contribution in [1.29, 1.82) is 0 Å². The third-order valence-corrected chi connectivity index (χ3v) is 7.38. The fourth-order valence-corrected chi connectivity index (χ4v) is 5.35. The number of carbonyl (C=O) groups excluding carboxylic acids is 2. The molecule has 8 heteroatoms. The third-order valence-electron chi connectivity index (χ3n) is 5.91. The number of benzene rings is 1.